The van der Waals surface area contributed by atoms with Gasteiger partial charge < -0.3 is 14.7 Å². The maximum atomic E-state index is 12.7. The fourth-order valence-electron chi connectivity index (χ4n) is 3.57. The molecule has 0 radical (unpaired) electrons. The van der Waals surface area contributed by atoms with Gasteiger partial charge in [-0.05, 0) is 45.4 Å². The molecule has 2 aliphatic rings. The van der Waals surface area contributed by atoms with Crippen LogP contribution in [0.15, 0.2) is 0 Å². The molecule has 120 valence electrons. The lowest BCUT2D eigenvalue weighted by atomic mass is 9.80. The van der Waals surface area contributed by atoms with Gasteiger partial charge in [0.25, 0.3) is 0 Å². The molecule has 3 unspecified atom stereocenters. The lowest BCUT2D eigenvalue weighted by Gasteiger charge is -2.31. The van der Waals surface area contributed by atoms with Crippen molar-refractivity contribution in [2.24, 2.45) is 11.8 Å². The van der Waals surface area contributed by atoms with Gasteiger partial charge in [-0.25, -0.2) is 0 Å². The van der Waals surface area contributed by atoms with E-state index in [2.05, 4.69) is 6.92 Å². The monoisotopic (exact) mass is 297 g/mol. The van der Waals surface area contributed by atoms with E-state index in [1.54, 1.807) is 7.11 Å². The van der Waals surface area contributed by atoms with Crippen molar-refractivity contribution in [3.63, 3.8) is 0 Å². The third-order valence-corrected chi connectivity index (χ3v) is 5.22. The number of ether oxygens (including phenoxy) is 1. The lowest BCUT2D eigenvalue weighted by molar-refractivity contribution is -0.145. The predicted molar refractivity (Wildman–Crippen MR) is 78.9 cm³/mol. The molecule has 1 aliphatic heterocycles. The summed E-state index contributed by atoms with van der Waals surface area (Å²) in [6.07, 6.45) is 5.66. The van der Waals surface area contributed by atoms with Crippen LogP contribution >= 0.6 is 0 Å². The van der Waals surface area contributed by atoms with E-state index in [4.69, 9.17) is 9.84 Å². The number of likely N-dealkylation sites (tertiary alicyclic amines) is 1. The van der Waals surface area contributed by atoms with Gasteiger partial charge >= 0.3 is 5.97 Å². The van der Waals surface area contributed by atoms with Crippen molar-refractivity contribution in [3.05, 3.63) is 0 Å². The smallest absolute Gasteiger partial charge is 0.306 e. The quantitative estimate of drug-likeness (QED) is 0.868. The van der Waals surface area contributed by atoms with E-state index < -0.39 is 5.97 Å². The standard InChI is InChI=1S/C16H27NO4/c1-16(21-2)7-4-9-17(10-8-16)14(18)12-5-3-6-13(11-12)15(19)20/h12-13H,3-11H2,1-2H3,(H,19,20). The molecule has 0 spiro atoms. The predicted octanol–water partition coefficient (Wildman–Crippen LogP) is 2.29. The first-order valence-corrected chi connectivity index (χ1v) is 8.02. The summed E-state index contributed by atoms with van der Waals surface area (Å²) in [6, 6.07) is 0. The molecule has 5 nitrogen and oxygen atoms in total. The normalized spacial score (nSPS) is 34.3. The molecule has 0 aromatic heterocycles. The van der Waals surface area contributed by atoms with Crippen LogP contribution < -0.4 is 0 Å². The van der Waals surface area contributed by atoms with Crippen LogP contribution in [0.3, 0.4) is 0 Å². The van der Waals surface area contributed by atoms with Crippen molar-refractivity contribution in [1.29, 1.82) is 0 Å². The van der Waals surface area contributed by atoms with Gasteiger partial charge in [0.2, 0.25) is 5.91 Å². The van der Waals surface area contributed by atoms with Crippen LogP contribution in [0.2, 0.25) is 0 Å². The zero-order valence-corrected chi connectivity index (χ0v) is 13.1. The Morgan fingerprint density at radius 1 is 1.14 bits per heavy atom. The first kappa shape index (κ1) is 16.3. The van der Waals surface area contributed by atoms with E-state index in [1.807, 2.05) is 4.90 Å². The van der Waals surface area contributed by atoms with Gasteiger partial charge in [0.1, 0.15) is 0 Å². The Morgan fingerprint density at radius 2 is 1.86 bits per heavy atom. The molecule has 1 aliphatic carbocycles. The minimum atomic E-state index is -0.754. The molecule has 21 heavy (non-hydrogen) atoms. The van der Waals surface area contributed by atoms with Gasteiger partial charge in [0.05, 0.1) is 11.5 Å². The molecule has 5 heteroatoms. The highest BCUT2D eigenvalue weighted by molar-refractivity contribution is 5.80. The van der Waals surface area contributed by atoms with Crippen molar-refractivity contribution in [1.82, 2.24) is 4.90 Å². The SMILES string of the molecule is COC1(C)CCCN(C(=O)C2CCCC(C(=O)O)C2)CC1. The van der Waals surface area contributed by atoms with Crippen LogP contribution in [-0.4, -0.2) is 47.7 Å². The van der Waals surface area contributed by atoms with Gasteiger partial charge in [-0.15, -0.1) is 0 Å². The van der Waals surface area contributed by atoms with Gasteiger partial charge in [0, 0.05) is 26.1 Å². The number of aliphatic carboxylic acids is 1. The molecule has 2 rings (SSSR count). The minimum Gasteiger partial charge on any atom is -0.481 e. The molecule has 1 saturated heterocycles. The van der Waals surface area contributed by atoms with Crippen molar-refractivity contribution in [3.8, 4) is 0 Å². The van der Waals surface area contributed by atoms with Gasteiger partial charge in [-0.1, -0.05) is 6.42 Å². The van der Waals surface area contributed by atoms with E-state index >= 15 is 0 Å². The zero-order chi connectivity index (χ0) is 15.5. The van der Waals surface area contributed by atoms with E-state index in [9.17, 15) is 9.59 Å². The summed E-state index contributed by atoms with van der Waals surface area (Å²) >= 11 is 0. The van der Waals surface area contributed by atoms with Crippen LogP contribution in [0.25, 0.3) is 0 Å². The van der Waals surface area contributed by atoms with Crippen molar-refractivity contribution < 1.29 is 19.4 Å². The number of carboxylic acids is 1. The number of methoxy groups -OCH3 is 1. The second-order valence-corrected chi connectivity index (χ2v) is 6.73. The molecule has 0 aromatic carbocycles. The summed E-state index contributed by atoms with van der Waals surface area (Å²) in [5.41, 5.74) is -0.134. The number of carbonyl (C=O) groups is 2. The number of hydrogen-bond acceptors (Lipinski definition) is 3. The highest BCUT2D eigenvalue weighted by Gasteiger charge is 2.35. The lowest BCUT2D eigenvalue weighted by Crippen LogP contribution is -2.40. The highest BCUT2D eigenvalue weighted by atomic mass is 16.5. The summed E-state index contributed by atoms with van der Waals surface area (Å²) in [5.74, 6) is -1.05. The number of rotatable bonds is 3. The number of nitrogens with zero attached hydrogens (tertiary/aromatic N) is 1. The fourth-order valence-corrected chi connectivity index (χ4v) is 3.57. The van der Waals surface area contributed by atoms with Crippen LogP contribution in [0.5, 0.6) is 0 Å². The second-order valence-electron chi connectivity index (χ2n) is 6.73. The maximum Gasteiger partial charge on any atom is 0.306 e. The number of carbonyl (C=O) groups excluding carboxylic acids is 1. The van der Waals surface area contributed by atoms with Crippen molar-refractivity contribution >= 4 is 11.9 Å². The van der Waals surface area contributed by atoms with Crippen molar-refractivity contribution in [2.45, 2.75) is 57.5 Å². The largest absolute Gasteiger partial charge is 0.481 e. The first-order chi connectivity index (χ1) is 9.95. The summed E-state index contributed by atoms with van der Waals surface area (Å²) < 4.78 is 5.57. The number of carboxylic acid groups (broad SMARTS) is 1. The summed E-state index contributed by atoms with van der Waals surface area (Å²) in [4.78, 5) is 25.7. The zero-order valence-electron chi connectivity index (χ0n) is 13.1. The minimum absolute atomic E-state index is 0.105. The van der Waals surface area contributed by atoms with Gasteiger partial charge in [-0.3, -0.25) is 9.59 Å². The van der Waals surface area contributed by atoms with E-state index in [0.29, 0.717) is 12.8 Å². The average Bonchev–Trinajstić information content (AvgIpc) is 2.69. The fraction of sp³-hybridized carbons (Fsp3) is 0.875. The molecule has 1 N–H and O–H groups in total. The highest BCUT2D eigenvalue weighted by Crippen LogP contribution is 2.32. The molecule has 1 saturated carbocycles. The van der Waals surface area contributed by atoms with E-state index in [-0.39, 0.29) is 23.3 Å². The van der Waals surface area contributed by atoms with Crippen LogP contribution in [0, 0.1) is 11.8 Å². The summed E-state index contributed by atoms with van der Waals surface area (Å²) in [6.45, 7) is 3.59. The van der Waals surface area contributed by atoms with Crippen molar-refractivity contribution in [2.75, 3.05) is 20.2 Å². The third-order valence-electron chi connectivity index (χ3n) is 5.22. The second kappa shape index (κ2) is 6.77. The van der Waals surface area contributed by atoms with Crippen LogP contribution in [0.1, 0.15) is 51.9 Å². The Hall–Kier alpha value is -1.10. The number of hydrogen-bond donors (Lipinski definition) is 1. The number of amides is 1. The maximum absolute atomic E-state index is 12.7. The first-order valence-electron chi connectivity index (χ1n) is 8.02. The summed E-state index contributed by atoms with van der Waals surface area (Å²) in [5, 5.41) is 9.15. The molecule has 1 heterocycles. The Balaban J connectivity index is 1.95. The Labute approximate surface area is 126 Å². The Bertz CT molecular complexity index is 398. The average molecular weight is 297 g/mol. The molecule has 0 bridgehead atoms. The van der Waals surface area contributed by atoms with Gasteiger partial charge in [-0.2, -0.15) is 0 Å². The topological polar surface area (TPSA) is 66.8 Å². The third kappa shape index (κ3) is 3.96. The van der Waals surface area contributed by atoms with Crippen LogP contribution in [-0.2, 0) is 14.3 Å². The molecule has 2 fully saturated rings. The molecule has 0 aromatic rings. The summed E-state index contributed by atoms with van der Waals surface area (Å²) in [7, 11) is 1.73. The molecule has 3 atom stereocenters. The van der Waals surface area contributed by atoms with Gasteiger partial charge in [0.15, 0.2) is 0 Å². The van der Waals surface area contributed by atoms with Crippen LogP contribution in [0.4, 0.5) is 0 Å². The Kier molecular flexibility index (Phi) is 5.25. The van der Waals surface area contributed by atoms with E-state index in [1.165, 1.54) is 0 Å². The molecular weight excluding hydrogens is 270 g/mol. The Morgan fingerprint density at radius 3 is 2.52 bits per heavy atom. The molecule has 1 amide bonds. The molecular formula is C16H27NO4. The van der Waals surface area contributed by atoms with E-state index in [0.717, 1.165) is 45.2 Å².